The van der Waals surface area contributed by atoms with E-state index in [-0.39, 0.29) is 5.69 Å². The second-order valence-corrected chi connectivity index (χ2v) is 3.44. The van der Waals surface area contributed by atoms with E-state index >= 15 is 0 Å². The van der Waals surface area contributed by atoms with Crippen LogP contribution in [-0.4, -0.2) is 14.7 Å². The number of nitro benzene ring substituents is 1. The van der Waals surface area contributed by atoms with Crippen LogP contribution >= 0.6 is 0 Å². The van der Waals surface area contributed by atoms with Crippen molar-refractivity contribution in [3.8, 4) is 0 Å². The van der Waals surface area contributed by atoms with Gasteiger partial charge in [0.1, 0.15) is 0 Å². The number of nitrogens with zero attached hydrogens (tertiary/aromatic N) is 3. The minimum absolute atomic E-state index is 0.128. The maximum Gasteiger partial charge on any atom is 0.269 e. The highest BCUT2D eigenvalue weighted by Gasteiger charge is 2.03. The summed E-state index contributed by atoms with van der Waals surface area (Å²) in [4.78, 5) is 10.1. The van der Waals surface area contributed by atoms with E-state index in [1.807, 2.05) is 16.9 Å². The van der Waals surface area contributed by atoms with Gasteiger partial charge in [-0.3, -0.25) is 14.8 Å². The maximum atomic E-state index is 10.4. The lowest BCUT2D eigenvalue weighted by atomic mass is 10.1. The molecule has 1 aromatic heterocycles. The molecule has 0 fully saturated rings. The van der Waals surface area contributed by atoms with Crippen LogP contribution in [0.2, 0.25) is 0 Å². The highest BCUT2D eigenvalue weighted by atomic mass is 16.6. The molecule has 0 unspecified atom stereocenters. The predicted octanol–water partition coefficient (Wildman–Crippen LogP) is 2.03. The van der Waals surface area contributed by atoms with Gasteiger partial charge in [-0.25, -0.2) is 0 Å². The molecule has 2 aromatic rings. The van der Waals surface area contributed by atoms with E-state index in [1.54, 1.807) is 18.3 Å². The van der Waals surface area contributed by atoms with E-state index < -0.39 is 4.92 Å². The summed E-state index contributed by atoms with van der Waals surface area (Å²) in [7, 11) is 0. The van der Waals surface area contributed by atoms with Gasteiger partial charge in [0.05, 0.1) is 4.92 Å². The number of hydrogen-bond acceptors (Lipinski definition) is 3. The van der Waals surface area contributed by atoms with Crippen molar-refractivity contribution in [2.75, 3.05) is 0 Å². The van der Waals surface area contributed by atoms with Gasteiger partial charge >= 0.3 is 0 Å². The molecule has 0 atom stereocenters. The summed E-state index contributed by atoms with van der Waals surface area (Å²) in [6, 6.07) is 8.48. The van der Waals surface area contributed by atoms with Crippen molar-refractivity contribution in [3.63, 3.8) is 0 Å². The summed E-state index contributed by atoms with van der Waals surface area (Å²) in [6.07, 6.45) is 4.45. The molecule has 82 valence electrons. The molecule has 0 radical (unpaired) electrons. The third-order valence-corrected chi connectivity index (χ3v) is 2.34. The molecule has 1 aromatic carbocycles. The molecular formula is C11H11N3O2. The Balaban J connectivity index is 1.98. The summed E-state index contributed by atoms with van der Waals surface area (Å²) in [5, 5.41) is 14.5. The Morgan fingerprint density at radius 2 is 2.06 bits per heavy atom. The van der Waals surface area contributed by atoms with Crippen molar-refractivity contribution in [3.05, 3.63) is 58.4 Å². The van der Waals surface area contributed by atoms with Gasteiger partial charge in [0, 0.05) is 31.1 Å². The highest BCUT2D eigenvalue weighted by molar-refractivity contribution is 5.32. The van der Waals surface area contributed by atoms with E-state index in [0.717, 1.165) is 18.5 Å². The van der Waals surface area contributed by atoms with Gasteiger partial charge in [0.25, 0.3) is 5.69 Å². The van der Waals surface area contributed by atoms with E-state index in [9.17, 15) is 10.1 Å². The van der Waals surface area contributed by atoms with Gasteiger partial charge in [0.15, 0.2) is 0 Å². The lowest BCUT2D eigenvalue weighted by Gasteiger charge is -2.01. The Bertz CT molecular complexity index is 462. The minimum Gasteiger partial charge on any atom is -0.272 e. The average Bonchev–Trinajstić information content (AvgIpc) is 2.80. The number of hydrogen-bond donors (Lipinski definition) is 0. The maximum absolute atomic E-state index is 10.4. The molecular weight excluding hydrogens is 206 g/mol. The first-order valence-electron chi connectivity index (χ1n) is 4.96. The fourth-order valence-electron chi connectivity index (χ4n) is 1.46. The molecule has 2 rings (SSSR count). The molecule has 0 N–H and O–H groups in total. The van der Waals surface area contributed by atoms with Crippen molar-refractivity contribution >= 4 is 5.69 Å². The summed E-state index contributed by atoms with van der Waals surface area (Å²) < 4.78 is 1.83. The van der Waals surface area contributed by atoms with Gasteiger partial charge in [-0.05, 0) is 18.1 Å². The predicted molar refractivity (Wildman–Crippen MR) is 59.0 cm³/mol. The standard InChI is InChI=1S/C11H11N3O2/c15-14(16)11-4-2-10(3-5-11)6-9-13-8-1-7-12-13/h1-5,7-8H,6,9H2. The molecule has 0 saturated heterocycles. The number of benzene rings is 1. The van der Waals surface area contributed by atoms with Gasteiger partial charge in [-0.2, -0.15) is 5.10 Å². The first-order valence-corrected chi connectivity index (χ1v) is 4.96. The number of rotatable bonds is 4. The molecule has 5 heteroatoms. The van der Waals surface area contributed by atoms with Crippen LogP contribution in [0, 0.1) is 10.1 Å². The minimum atomic E-state index is -0.392. The Morgan fingerprint density at radius 3 is 2.62 bits per heavy atom. The second-order valence-electron chi connectivity index (χ2n) is 3.44. The van der Waals surface area contributed by atoms with E-state index in [2.05, 4.69) is 5.10 Å². The van der Waals surface area contributed by atoms with Crippen molar-refractivity contribution in [2.24, 2.45) is 0 Å². The van der Waals surface area contributed by atoms with E-state index in [1.165, 1.54) is 12.1 Å². The highest BCUT2D eigenvalue weighted by Crippen LogP contribution is 2.12. The Labute approximate surface area is 92.5 Å². The molecule has 0 amide bonds. The van der Waals surface area contributed by atoms with Crippen LogP contribution in [0.4, 0.5) is 5.69 Å². The average molecular weight is 217 g/mol. The van der Waals surface area contributed by atoms with Crippen molar-refractivity contribution < 1.29 is 4.92 Å². The van der Waals surface area contributed by atoms with Crippen LogP contribution in [-0.2, 0) is 13.0 Å². The lowest BCUT2D eigenvalue weighted by Crippen LogP contribution is -2.01. The zero-order chi connectivity index (χ0) is 11.4. The molecule has 0 bridgehead atoms. The van der Waals surface area contributed by atoms with Gasteiger partial charge in [-0.15, -0.1) is 0 Å². The smallest absolute Gasteiger partial charge is 0.269 e. The fourth-order valence-corrected chi connectivity index (χ4v) is 1.46. The molecule has 0 aliphatic carbocycles. The Kier molecular flexibility index (Phi) is 2.95. The molecule has 0 spiro atoms. The molecule has 1 heterocycles. The number of nitro groups is 1. The summed E-state index contributed by atoms with van der Waals surface area (Å²) in [5.74, 6) is 0. The van der Waals surface area contributed by atoms with Gasteiger partial charge in [-0.1, -0.05) is 12.1 Å². The normalized spacial score (nSPS) is 10.2. The topological polar surface area (TPSA) is 61.0 Å². The first kappa shape index (κ1) is 10.4. The third-order valence-electron chi connectivity index (χ3n) is 2.34. The van der Waals surface area contributed by atoms with Crippen LogP contribution < -0.4 is 0 Å². The lowest BCUT2D eigenvalue weighted by molar-refractivity contribution is -0.384. The number of non-ortho nitro benzene ring substituents is 1. The van der Waals surface area contributed by atoms with Crippen LogP contribution in [0.5, 0.6) is 0 Å². The second kappa shape index (κ2) is 4.57. The van der Waals surface area contributed by atoms with Crippen LogP contribution in [0.3, 0.4) is 0 Å². The van der Waals surface area contributed by atoms with E-state index in [4.69, 9.17) is 0 Å². The van der Waals surface area contributed by atoms with Gasteiger partial charge in [0.2, 0.25) is 0 Å². The fraction of sp³-hybridized carbons (Fsp3) is 0.182. The van der Waals surface area contributed by atoms with Crippen molar-refractivity contribution in [2.45, 2.75) is 13.0 Å². The van der Waals surface area contributed by atoms with Gasteiger partial charge < -0.3 is 0 Å². The monoisotopic (exact) mass is 217 g/mol. The quantitative estimate of drug-likeness (QED) is 0.581. The molecule has 0 saturated carbocycles. The largest absolute Gasteiger partial charge is 0.272 e. The summed E-state index contributed by atoms with van der Waals surface area (Å²) in [5.41, 5.74) is 1.20. The Morgan fingerprint density at radius 1 is 1.31 bits per heavy atom. The molecule has 16 heavy (non-hydrogen) atoms. The summed E-state index contributed by atoms with van der Waals surface area (Å²) >= 11 is 0. The molecule has 0 aliphatic rings. The third kappa shape index (κ3) is 2.44. The first-order chi connectivity index (χ1) is 7.75. The van der Waals surface area contributed by atoms with Crippen LogP contribution in [0.1, 0.15) is 5.56 Å². The van der Waals surface area contributed by atoms with Crippen molar-refractivity contribution in [1.82, 2.24) is 9.78 Å². The molecule has 5 nitrogen and oxygen atoms in total. The van der Waals surface area contributed by atoms with Crippen LogP contribution in [0.15, 0.2) is 42.7 Å². The number of aryl methyl sites for hydroxylation is 2. The Hall–Kier alpha value is -2.17. The molecule has 0 aliphatic heterocycles. The van der Waals surface area contributed by atoms with Crippen molar-refractivity contribution in [1.29, 1.82) is 0 Å². The van der Waals surface area contributed by atoms with Crippen LogP contribution in [0.25, 0.3) is 0 Å². The zero-order valence-electron chi connectivity index (χ0n) is 8.61. The van der Waals surface area contributed by atoms with E-state index in [0.29, 0.717) is 0 Å². The SMILES string of the molecule is O=[N+]([O-])c1ccc(CCn2cccn2)cc1. The number of aromatic nitrogens is 2. The summed E-state index contributed by atoms with van der Waals surface area (Å²) in [6.45, 7) is 0.783. The zero-order valence-corrected chi connectivity index (χ0v) is 8.61.